The predicted molar refractivity (Wildman–Crippen MR) is 132 cm³/mol. The van der Waals surface area contributed by atoms with Crippen LogP contribution in [0.5, 0.6) is 5.75 Å². The Kier molecular flexibility index (Phi) is 5.64. The van der Waals surface area contributed by atoms with Crippen LogP contribution in [0.1, 0.15) is 16.7 Å². The minimum absolute atomic E-state index is 0.177. The number of amides is 3. The van der Waals surface area contributed by atoms with Crippen LogP contribution in [-0.2, 0) is 16.2 Å². The second kappa shape index (κ2) is 8.76. The second-order valence-corrected chi connectivity index (χ2v) is 9.31. The van der Waals surface area contributed by atoms with E-state index < -0.39 is 4.87 Å². The molecule has 7 nitrogen and oxygen atoms in total. The highest BCUT2D eigenvalue weighted by molar-refractivity contribution is 8.01. The smallest absolute Gasteiger partial charge is 0.323 e. The van der Waals surface area contributed by atoms with E-state index in [0.717, 1.165) is 16.8 Å². The van der Waals surface area contributed by atoms with E-state index in [1.54, 1.807) is 29.0 Å². The molecule has 0 aliphatic carbocycles. The molecule has 0 aromatic heterocycles. The molecule has 1 N–H and O–H groups in total. The van der Waals surface area contributed by atoms with Crippen LogP contribution >= 0.6 is 11.8 Å². The topological polar surface area (TPSA) is 85.7 Å². The number of anilines is 2. The van der Waals surface area contributed by atoms with Gasteiger partial charge in [0.2, 0.25) is 0 Å². The molecule has 1 spiro atoms. The summed E-state index contributed by atoms with van der Waals surface area (Å²) in [5.74, 6) is 1.07. The number of methoxy groups -OCH3 is 1. The average Bonchev–Trinajstić information content (AvgIpc) is 3.41. The molecule has 8 heteroatoms. The predicted octanol–water partition coefficient (Wildman–Crippen LogP) is 4.55. The highest BCUT2D eigenvalue weighted by Gasteiger charge is 2.59. The fraction of sp³-hybridized carbons (Fsp3) is 0.192. The van der Waals surface area contributed by atoms with E-state index in [2.05, 4.69) is 11.4 Å². The number of nitriles is 1. The minimum atomic E-state index is -1.18. The molecule has 2 aliphatic heterocycles. The maximum absolute atomic E-state index is 14.1. The maximum atomic E-state index is 14.1. The number of fused-ring (bicyclic) bond motifs is 2. The molecule has 170 valence electrons. The van der Waals surface area contributed by atoms with Crippen LogP contribution in [0.15, 0.2) is 72.8 Å². The Bertz CT molecular complexity index is 1310. The van der Waals surface area contributed by atoms with Gasteiger partial charge in [-0.2, -0.15) is 5.26 Å². The first kappa shape index (κ1) is 21.9. The van der Waals surface area contributed by atoms with Crippen molar-refractivity contribution in [1.29, 1.82) is 5.26 Å². The Morgan fingerprint density at radius 2 is 1.97 bits per heavy atom. The van der Waals surface area contributed by atoms with Crippen molar-refractivity contribution in [2.75, 3.05) is 29.6 Å². The molecule has 0 bridgehead atoms. The van der Waals surface area contributed by atoms with E-state index in [9.17, 15) is 14.9 Å². The lowest BCUT2D eigenvalue weighted by Gasteiger charge is -2.33. The number of hydrogen-bond donors (Lipinski definition) is 1. The van der Waals surface area contributed by atoms with Gasteiger partial charge in [0, 0.05) is 23.5 Å². The zero-order valence-corrected chi connectivity index (χ0v) is 19.3. The molecule has 3 aromatic rings. The van der Waals surface area contributed by atoms with Crippen LogP contribution in [0.25, 0.3) is 0 Å². The monoisotopic (exact) mass is 470 g/mol. The number of nitrogens with zero attached hydrogens (tertiary/aromatic N) is 3. The third-order valence-corrected chi connectivity index (χ3v) is 7.49. The number of urea groups is 1. The number of ether oxygens (including phenoxy) is 1. The van der Waals surface area contributed by atoms with Crippen molar-refractivity contribution in [3.05, 3.63) is 89.5 Å². The van der Waals surface area contributed by atoms with Crippen LogP contribution in [0.3, 0.4) is 0 Å². The van der Waals surface area contributed by atoms with Gasteiger partial charge in [-0.25, -0.2) is 4.79 Å². The molecule has 3 amide bonds. The van der Waals surface area contributed by atoms with E-state index >= 15 is 0 Å². The summed E-state index contributed by atoms with van der Waals surface area (Å²) in [7, 11) is 1.58. The van der Waals surface area contributed by atoms with Gasteiger partial charge in [0.15, 0.2) is 4.87 Å². The lowest BCUT2D eigenvalue weighted by Crippen LogP contribution is -2.51. The van der Waals surface area contributed by atoms with Crippen LogP contribution in [0.2, 0.25) is 0 Å². The van der Waals surface area contributed by atoms with E-state index in [1.807, 2.05) is 60.7 Å². The molecule has 3 aromatic carbocycles. The van der Waals surface area contributed by atoms with Crippen molar-refractivity contribution < 1.29 is 14.3 Å². The van der Waals surface area contributed by atoms with Crippen LogP contribution in [0, 0.1) is 11.3 Å². The van der Waals surface area contributed by atoms with Crippen LogP contribution in [0.4, 0.5) is 16.2 Å². The number of para-hydroxylation sites is 1. The maximum Gasteiger partial charge on any atom is 0.323 e. The van der Waals surface area contributed by atoms with Gasteiger partial charge in [-0.1, -0.05) is 30.3 Å². The third-order valence-electron chi connectivity index (χ3n) is 6.07. The van der Waals surface area contributed by atoms with E-state index in [4.69, 9.17) is 4.74 Å². The molecule has 2 heterocycles. The van der Waals surface area contributed by atoms with Crippen molar-refractivity contribution in [2.24, 2.45) is 0 Å². The van der Waals surface area contributed by atoms with Crippen molar-refractivity contribution in [2.45, 2.75) is 11.4 Å². The van der Waals surface area contributed by atoms with Gasteiger partial charge >= 0.3 is 6.03 Å². The normalized spacial score (nSPS) is 18.6. The Morgan fingerprint density at radius 1 is 1.15 bits per heavy atom. The number of carbonyl (C=O) groups is 2. The standard InChI is InChI=1S/C26H22N4O3S/c1-33-21-10-11-23-22(15-21)26(24(31)29(23)17-19-7-5-6-18(14-19)16-27)30(12-13-34-26)25(32)28-20-8-3-2-4-9-20/h2-11,14-15H,12-13,17H2,1H3,(H,28,32). The Labute approximate surface area is 201 Å². The molecule has 34 heavy (non-hydrogen) atoms. The van der Waals surface area contributed by atoms with Crippen molar-refractivity contribution in [3.8, 4) is 11.8 Å². The van der Waals surface area contributed by atoms with Crippen molar-refractivity contribution in [3.63, 3.8) is 0 Å². The van der Waals surface area contributed by atoms with Crippen LogP contribution < -0.4 is 15.0 Å². The second-order valence-electron chi connectivity index (χ2n) is 8.03. The Balaban J connectivity index is 1.55. The fourth-order valence-electron chi connectivity index (χ4n) is 4.51. The SMILES string of the molecule is COc1ccc2c(c1)C1(SCCN1C(=O)Nc1ccccc1)C(=O)N2Cc1cccc(C#N)c1. The van der Waals surface area contributed by atoms with Gasteiger partial charge in [-0.3, -0.25) is 9.69 Å². The van der Waals surface area contributed by atoms with Crippen molar-refractivity contribution in [1.82, 2.24) is 4.90 Å². The zero-order valence-electron chi connectivity index (χ0n) is 18.5. The average molecular weight is 471 g/mol. The molecule has 1 unspecified atom stereocenters. The fourth-order valence-corrected chi connectivity index (χ4v) is 5.96. The number of hydrogen-bond acceptors (Lipinski definition) is 5. The quantitative estimate of drug-likeness (QED) is 0.605. The summed E-state index contributed by atoms with van der Waals surface area (Å²) in [5, 5.41) is 12.2. The summed E-state index contributed by atoms with van der Waals surface area (Å²) in [4.78, 5) is 29.6. The summed E-state index contributed by atoms with van der Waals surface area (Å²) in [6.45, 7) is 0.730. The summed E-state index contributed by atoms with van der Waals surface area (Å²) in [5.41, 5.74) is 3.52. The first-order chi connectivity index (χ1) is 16.6. The third kappa shape index (κ3) is 3.55. The molecule has 1 fully saturated rings. The molecule has 5 rings (SSSR count). The van der Waals surface area contributed by atoms with E-state index in [0.29, 0.717) is 35.8 Å². The summed E-state index contributed by atoms with van der Waals surface area (Å²) in [6.07, 6.45) is 0. The van der Waals surface area contributed by atoms with Gasteiger partial charge in [0.1, 0.15) is 5.75 Å². The first-order valence-electron chi connectivity index (χ1n) is 10.8. The Morgan fingerprint density at radius 3 is 2.74 bits per heavy atom. The van der Waals surface area contributed by atoms with E-state index in [1.165, 1.54) is 11.8 Å². The molecule has 2 aliphatic rings. The highest BCUT2D eigenvalue weighted by atomic mass is 32.2. The highest BCUT2D eigenvalue weighted by Crippen LogP contribution is 2.55. The molecular weight excluding hydrogens is 448 g/mol. The lowest BCUT2D eigenvalue weighted by molar-refractivity contribution is -0.123. The first-order valence-corrected chi connectivity index (χ1v) is 11.8. The summed E-state index contributed by atoms with van der Waals surface area (Å²) < 4.78 is 5.46. The molecule has 0 radical (unpaired) electrons. The summed E-state index contributed by atoms with van der Waals surface area (Å²) in [6, 6.07) is 23.8. The van der Waals surface area contributed by atoms with Crippen LogP contribution in [-0.4, -0.2) is 36.2 Å². The minimum Gasteiger partial charge on any atom is -0.497 e. The lowest BCUT2D eigenvalue weighted by atomic mass is 10.1. The molecule has 1 atom stereocenters. The van der Waals surface area contributed by atoms with Gasteiger partial charge < -0.3 is 15.0 Å². The van der Waals surface area contributed by atoms with E-state index in [-0.39, 0.29) is 11.9 Å². The number of thioether (sulfide) groups is 1. The van der Waals surface area contributed by atoms with Gasteiger partial charge in [-0.15, -0.1) is 11.8 Å². The molecule has 0 saturated carbocycles. The van der Waals surface area contributed by atoms with Gasteiger partial charge in [0.05, 0.1) is 31.0 Å². The van der Waals surface area contributed by atoms with Gasteiger partial charge in [-0.05, 0) is 48.0 Å². The molecular formula is C26H22N4O3S. The Hall–Kier alpha value is -3.96. The largest absolute Gasteiger partial charge is 0.497 e. The zero-order chi connectivity index (χ0) is 23.7. The number of rotatable bonds is 4. The van der Waals surface area contributed by atoms with Gasteiger partial charge in [0.25, 0.3) is 5.91 Å². The van der Waals surface area contributed by atoms with Crippen molar-refractivity contribution >= 4 is 35.1 Å². The number of benzene rings is 3. The summed E-state index contributed by atoms with van der Waals surface area (Å²) >= 11 is 1.46. The number of nitrogens with one attached hydrogen (secondary N) is 1. The number of carbonyl (C=O) groups excluding carboxylic acids is 2. The molecule has 1 saturated heterocycles.